The van der Waals surface area contributed by atoms with E-state index in [0.29, 0.717) is 10.9 Å². The molecule has 0 bridgehead atoms. The smallest absolute Gasteiger partial charge is 0.412 e. The van der Waals surface area contributed by atoms with Gasteiger partial charge in [-0.3, -0.25) is 5.32 Å². The first kappa shape index (κ1) is 24.6. The zero-order valence-corrected chi connectivity index (χ0v) is 20.3. The van der Waals surface area contributed by atoms with Crippen molar-refractivity contribution in [3.05, 3.63) is 42.0 Å². The van der Waals surface area contributed by atoms with Gasteiger partial charge in [0, 0.05) is 5.56 Å². The monoisotopic (exact) mass is 509 g/mol. The van der Waals surface area contributed by atoms with Crippen LogP contribution in [0.2, 0.25) is 0 Å². The molecule has 2 aromatic rings. The number of hydrogen-bond acceptors (Lipinski definition) is 6. The topological polar surface area (TPSA) is 90.9 Å². The minimum Gasteiger partial charge on any atom is -0.493 e. The second kappa shape index (κ2) is 10.1. The summed E-state index contributed by atoms with van der Waals surface area (Å²) in [5.74, 6) is 5.88. The average Bonchev–Trinajstić information content (AvgIpc) is 2.70. The van der Waals surface area contributed by atoms with Gasteiger partial charge in [-0.15, -0.1) is 0 Å². The van der Waals surface area contributed by atoms with Crippen molar-refractivity contribution in [1.82, 2.24) is 0 Å². The molecule has 0 saturated carbocycles. The molecule has 0 spiro atoms. The van der Waals surface area contributed by atoms with E-state index in [2.05, 4.69) is 33.1 Å². The van der Waals surface area contributed by atoms with Gasteiger partial charge in [-0.25, -0.2) is 13.2 Å². The molecule has 0 radical (unpaired) electrons. The molecule has 1 N–H and O–H groups in total. The molecule has 0 fully saturated rings. The molecule has 31 heavy (non-hydrogen) atoms. The van der Waals surface area contributed by atoms with Gasteiger partial charge in [0.05, 0.1) is 30.1 Å². The van der Waals surface area contributed by atoms with Crippen LogP contribution in [0.5, 0.6) is 11.5 Å². The van der Waals surface area contributed by atoms with E-state index >= 15 is 0 Å². The van der Waals surface area contributed by atoms with Crippen LogP contribution in [0.25, 0.3) is 0 Å². The van der Waals surface area contributed by atoms with Crippen LogP contribution < -0.4 is 14.8 Å². The molecule has 9 heteroatoms. The lowest BCUT2D eigenvalue weighted by atomic mass is 10.2. The Hall–Kier alpha value is -2.70. The van der Waals surface area contributed by atoms with Crippen LogP contribution in [0.15, 0.2) is 46.2 Å². The SMILES string of the molecule is COc1ccc(NC(=O)OC(C)(C)C)c(S(=O)(=O)c2cccc(C#CCBr)c2)c1OC. The predicted molar refractivity (Wildman–Crippen MR) is 122 cm³/mol. The summed E-state index contributed by atoms with van der Waals surface area (Å²) in [6.07, 6.45) is -0.798. The maximum atomic E-state index is 13.6. The molecule has 0 atom stereocenters. The van der Waals surface area contributed by atoms with Gasteiger partial charge in [0.25, 0.3) is 0 Å². The highest BCUT2D eigenvalue weighted by atomic mass is 79.9. The van der Waals surface area contributed by atoms with Crippen molar-refractivity contribution in [2.75, 3.05) is 24.9 Å². The van der Waals surface area contributed by atoms with Gasteiger partial charge in [-0.05, 0) is 51.1 Å². The average molecular weight is 510 g/mol. The molecule has 7 nitrogen and oxygen atoms in total. The van der Waals surface area contributed by atoms with Crippen molar-refractivity contribution in [2.24, 2.45) is 0 Å². The minimum atomic E-state index is -4.14. The Labute approximate surface area is 191 Å². The van der Waals surface area contributed by atoms with Gasteiger partial charge in [-0.1, -0.05) is 33.8 Å². The van der Waals surface area contributed by atoms with Gasteiger partial charge in [0.2, 0.25) is 9.84 Å². The zero-order chi connectivity index (χ0) is 23.2. The number of anilines is 1. The Kier molecular flexibility index (Phi) is 7.98. The van der Waals surface area contributed by atoms with Crippen molar-refractivity contribution in [1.29, 1.82) is 0 Å². The molecule has 0 saturated heterocycles. The molecular weight excluding hydrogens is 486 g/mol. The van der Waals surface area contributed by atoms with E-state index < -0.39 is 21.5 Å². The Bertz CT molecular complexity index is 1130. The molecule has 0 aliphatic heterocycles. The highest BCUT2D eigenvalue weighted by Gasteiger charge is 2.30. The quantitative estimate of drug-likeness (QED) is 0.466. The number of carbonyl (C=O) groups is 1. The molecule has 0 unspecified atom stereocenters. The third-order valence-electron chi connectivity index (χ3n) is 3.85. The van der Waals surface area contributed by atoms with Crippen molar-refractivity contribution in [3.63, 3.8) is 0 Å². The van der Waals surface area contributed by atoms with Gasteiger partial charge in [-0.2, -0.15) is 0 Å². The highest BCUT2D eigenvalue weighted by molar-refractivity contribution is 9.09. The maximum absolute atomic E-state index is 13.6. The second-order valence-electron chi connectivity index (χ2n) is 7.27. The van der Waals surface area contributed by atoms with Crippen molar-refractivity contribution >= 4 is 37.5 Å². The fraction of sp³-hybridized carbons (Fsp3) is 0.318. The molecule has 0 aliphatic rings. The molecule has 2 aromatic carbocycles. The normalized spacial score (nSPS) is 11.2. The Morgan fingerprint density at radius 2 is 1.84 bits per heavy atom. The molecule has 0 aromatic heterocycles. The number of carbonyl (C=O) groups excluding carboxylic acids is 1. The van der Waals surface area contributed by atoms with E-state index in [1.807, 2.05) is 0 Å². The Balaban J connectivity index is 2.68. The first-order chi connectivity index (χ1) is 14.5. The number of sulfone groups is 1. The fourth-order valence-electron chi connectivity index (χ4n) is 2.67. The third-order valence-corrected chi connectivity index (χ3v) is 5.95. The second-order valence-corrected chi connectivity index (χ2v) is 9.72. The Morgan fingerprint density at radius 1 is 1.13 bits per heavy atom. The van der Waals surface area contributed by atoms with Crippen molar-refractivity contribution in [2.45, 2.75) is 36.2 Å². The number of methoxy groups -OCH3 is 2. The number of rotatable bonds is 5. The van der Waals surface area contributed by atoms with Gasteiger partial charge in [0.15, 0.2) is 11.5 Å². The van der Waals surface area contributed by atoms with E-state index in [-0.39, 0.29) is 27.0 Å². The number of benzene rings is 2. The molecule has 1 amide bonds. The van der Waals surface area contributed by atoms with Crippen LogP contribution in [0.3, 0.4) is 0 Å². The lowest BCUT2D eigenvalue weighted by molar-refractivity contribution is 0.0635. The summed E-state index contributed by atoms with van der Waals surface area (Å²) in [4.78, 5) is 12.1. The molecule has 2 rings (SSSR count). The summed E-state index contributed by atoms with van der Waals surface area (Å²) in [5, 5.41) is 2.96. The number of nitrogens with one attached hydrogen (secondary N) is 1. The summed E-state index contributed by atoms with van der Waals surface area (Å²) in [7, 11) is -1.42. The van der Waals surface area contributed by atoms with Crippen LogP contribution >= 0.6 is 15.9 Å². The largest absolute Gasteiger partial charge is 0.493 e. The first-order valence-electron chi connectivity index (χ1n) is 9.18. The van der Waals surface area contributed by atoms with E-state index in [4.69, 9.17) is 14.2 Å². The van der Waals surface area contributed by atoms with Crippen LogP contribution in [-0.2, 0) is 14.6 Å². The summed E-state index contributed by atoms with van der Waals surface area (Å²) in [6, 6.07) is 9.14. The summed E-state index contributed by atoms with van der Waals surface area (Å²) < 4.78 is 43.1. The molecular formula is C22H24BrNO6S. The third kappa shape index (κ3) is 6.15. The minimum absolute atomic E-state index is 0.00356. The highest BCUT2D eigenvalue weighted by Crippen LogP contribution is 2.42. The number of hydrogen-bond donors (Lipinski definition) is 1. The Morgan fingerprint density at radius 3 is 2.42 bits per heavy atom. The van der Waals surface area contributed by atoms with Gasteiger partial charge < -0.3 is 14.2 Å². The number of ether oxygens (including phenoxy) is 3. The van der Waals surface area contributed by atoms with E-state index in [0.717, 1.165) is 0 Å². The van der Waals surface area contributed by atoms with E-state index in [1.165, 1.54) is 38.5 Å². The number of alkyl halides is 1. The predicted octanol–water partition coefficient (Wildman–Crippen LogP) is 4.63. The van der Waals surface area contributed by atoms with Crippen molar-refractivity contribution in [3.8, 4) is 23.3 Å². The summed E-state index contributed by atoms with van der Waals surface area (Å²) in [5.41, 5.74) is -0.227. The summed E-state index contributed by atoms with van der Waals surface area (Å²) >= 11 is 3.22. The molecule has 166 valence electrons. The fourth-order valence-corrected chi connectivity index (χ4v) is 4.42. The van der Waals surface area contributed by atoms with Crippen LogP contribution in [0.4, 0.5) is 10.5 Å². The number of halogens is 1. The van der Waals surface area contributed by atoms with Crippen LogP contribution in [-0.4, -0.2) is 39.7 Å². The van der Waals surface area contributed by atoms with E-state index in [9.17, 15) is 13.2 Å². The standard InChI is InChI=1S/C22H24BrNO6S/c1-22(2,3)30-21(25)24-17-11-12-18(28-4)19(29-5)20(17)31(26,27)16-10-6-8-15(14-16)9-7-13-23/h6,8,10-12,14H,13H2,1-5H3,(H,24,25). The van der Waals surface area contributed by atoms with E-state index in [1.54, 1.807) is 32.9 Å². The van der Waals surface area contributed by atoms with Gasteiger partial charge >= 0.3 is 6.09 Å². The zero-order valence-electron chi connectivity index (χ0n) is 17.9. The number of amides is 1. The lowest BCUT2D eigenvalue weighted by Crippen LogP contribution is -2.27. The maximum Gasteiger partial charge on any atom is 0.412 e. The van der Waals surface area contributed by atoms with Crippen LogP contribution in [0.1, 0.15) is 26.3 Å². The summed E-state index contributed by atoms with van der Waals surface area (Å²) in [6.45, 7) is 5.12. The van der Waals surface area contributed by atoms with Crippen molar-refractivity contribution < 1.29 is 27.4 Å². The van der Waals surface area contributed by atoms with Crippen LogP contribution in [0, 0.1) is 11.8 Å². The molecule has 0 aliphatic carbocycles. The first-order valence-corrected chi connectivity index (χ1v) is 11.8. The van der Waals surface area contributed by atoms with Gasteiger partial charge in [0.1, 0.15) is 10.5 Å². The lowest BCUT2D eigenvalue weighted by Gasteiger charge is -2.21. The molecule has 0 heterocycles.